The van der Waals surface area contributed by atoms with Gasteiger partial charge >= 0.3 is 0 Å². The van der Waals surface area contributed by atoms with Gasteiger partial charge < -0.3 is 5.32 Å². The molecular formula is C14H16BrN3O. The molecule has 0 spiro atoms. The van der Waals surface area contributed by atoms with Crippen molar-refractivity contribution in [1.29, 1.82) is 0 Å². The first-order valence-corrected chi connectivity index (χ1v) is 6.91. The molecule has 0 atom stereocenters. The Hall–Kier alpha value is -1.62. The van der Waals surface area contributed by atoms with Crippen molar-refractivity contribution in [3.05, 3.63) is 51.3 Å². The molecule has 1 aromatic heterocycles. The average Bonchev–Trinajstić information content (AvgIpc) is 2.70. The maximum Gasteiger partial charge on any atom is 0.251 e. The third kappa shape index (κ3) is 3.44. The van der Waals surface area contributed by atoms with Gasteiger partial charge in [-0.25, -0.2) is 0 Å². The molecule has 0 aliphatic carbocycles. The Balaban J connectivity index is 1.91. The van der Waals surface area contributed by atoms with E-state index in [0.29, 0.717) is 12.1 Å². The molecule has 0 fully saturated rings. The van der Waals surface area contributed by atoms with Gasteiger partial charge in [0.25, 0.3) is 5.91 Å². The van der Waals surface area contributed by atoms with E-state index in [-0.39, 0.29) is 5.91 Å². The first-order valence-electron chi connectivity index (χ1n) is 6.12. The fraction of sp³-hybridized carbons (Fsp3) is 0.286. The lowest BCUT2D eigenvalue weighted by molar-refractivity contribution is 0.0954. The number of halogens is 1. The smallest absolute Gasteiger partial charge is 0.251 e. The Kier molecular flexibility index (Phi) is 4.37. The number of rotatable bonds is 4. The number of carbonyl (C=O) groups is 1. The van der Waals surface area contributed by atoms with Gasteiger partial charge in [0.2, 0.25) is 0 Å². The summed E-state index contributed by atoms with van der Waals surface area (Å²) in [5.74, 6) is -0.0555. The van der Waals surface area contributed by atoms with Crippen LogP contribution >= 0.6 is 15.9 Å². The Morgan fingerprint density at radius 2 is 2.21 bits per heavy atom. The average molecular weight is 322 g/mol. The van der Waals surface area contributed by atoms with Crippen molar-refractivity contribution in [3.8, 4) is 0 Å². The molecule has 2 aromatic rings. The predicted molar refractivity (Wildman–Crippen MR) is 78.2 cm³/mol. The van der Waals surface area contributed by atoms with Crippen LogP contribution in [0.1, 0.15) is 27.3 Å². The van der Waals surface area contributed by atoms with Crippen LogP contribution in [0.5, 0.6) is 0 Å². The van der Waals surface area contributed by atoms with Gasteiger partial charge in [0.1, 0.15) is 0 Å². The van der Waals surface area contributed by atoms with Gasteiger partial charge in [-0.15, -0.1) is 0 Å². The Morgan fingerprint density at radius 3 is 2.84 bits per heavy atom. The fourth-order valence-corrected chi connectivity index (χ4v) is 2.37. The van der Waals surface area contributed by atoms with Crippen molar-refractivity contribution in [3.63, 3.8) is 0 Å². The van der Waals surface area contributed by atoms with E-state index in [1.54, 1.807) is 6.07 Å². The van der Waals surface area contributed by atoms with Crippen LogP contribution in [0.15, 0.2) is 28.7 Å². The van der Waals surface area contributed by atoms with E-state index in [4.69, 9.17) is 0 Å². The van der Waals surface area contributed by atoms with Crippen LogP contribution in [-0.2, 0) is 6.42 Å². The fourth-order valence-electron chi connectivity index (χ4n) is 1.98. The lowest BCUT2D eigenvalue weighted by atomic mass is 10.1. The minimum atomic E-state index is -0.0555. The number of nitrogens with one attached hydrogen (secondary N) is 2. The van der Waals surface area contributed by atoms with E-state index in [2.05, 4.69) is 31.4 Å². The third-order valence-corrected chi connectivity index (χ3v) is 3.52. The number of hydrogen-bond acceptors (Lipinski definition) is 2. The molecule has 0 aliphatic heterocycles. The largest absolute Gasteiger partial charge is 0.352 e. The topological polar surface area (TPSA) is 57.8 Å². The van der Waals surface area contributed by atoms with Crippen molar-refractivity contribution >= 4 is 21.8 Å². The number of aromatic amines is 1. The van der Waals surface area contributed by atoms with Crippen LogP contribution < -0.4 is 5.32 Å². The number of aromatic nitrogens is 2. The monoisotopic (exact) mass is 321 g/mol. The first-order chi connectivity index (χ1) is 9.08. The standard InChI is InChI=1S/C14H16BrN3O/c1-9-13(10(2)18-17-9)6-7-16-14(19)11-4-3-5-12(15)8-11/h3-5,8H,6-7H2,1-2H3,(H,16,19)(H,17,18). The Labute approximate surface area is 120 Å². The van der Waals surface area contributed by atoms with Crippen LogP contribution in [0.25, 0.3) is 0 Å². The molecular weight excluding hydrogens is 306 g/mol. The summed E-state index contributed by atoms with van der Waals surface area (Å²) < 4.78 is 0.904. The van der Waals surface area contributed by atoms with Crippen molar-refractivity contribution < 1.29 is 4.79 Å². The lowest BCUT2D eigenvalue weighted by Crippen LogP contribution is -2.25. The third-order valence-electron chi connectivity index (χ3n) is 3.03. The molecule has 2 rings (SSSR count). The summed E-state index contributed by atoms with van der Waals surface area (Å²) in [4.78, 5) is 11.9. The van der Waals surface area contributed by atoms with Gasteiger partial charge in [-0.1, -0.05) is 22.0 Å². The second kappa shape index (κ2) is 6.02. The quantitative estimate of drug-likeness (QED) is 0.909. The summed E-state index contributed by atoms with van der Waals surface area (Å²) >= 11 is 3.36. The highest BCUT2D eigenvalue weighted by molar-refractivity contribution is 9.10. The SMILES string of the molecule is Cc1n[nH]c(C)c1CCNC(=O)c1cccc(Br)c1. The number of hydrogen-bond donors (Lipinski definition) is 2. The van der Waals surface area contributed by atoms with Crippen LogP contribution in [-0.4, -0.2) is 22.6 Å². The summed E-state index contributed by atoms with van der Waals surface area (Å²) in [6.45, 7) is 4.56. The van der Waals surface area contributed by atoms with E-state index in [9.17, 15) is 4.79 Å². The minimum absolute atomic E-state index is 0.0555. The van der Waals surface area contributed by atoms with Crippen molar-refractivity contribution in [2.75, 3.05) is 6.54 Å². The summed E-state index contributed by atoms with van der Waals surface area (Å²) in [6, 6.07) is 7.36. The molecule has 0 saturated heterocycles. The molecule has 0 saturated carbocycles. The highest BCUT2D eigenvalue weighted by Gasteiger charge is 2.08. The maximum atomic E-state index is 11.9. The van der Waals surface area contributed by atoms with Crippen molar-refractivity contribution in [2.45, 2.75) is 20.3 Å². The number of amides is 1. The molecule has 0 unspecified atom stereocenters. The maximum absolute atomic E-state index is 11.9. The summed E-state index contributed by atoms with van der Waals surface area (Å²) in [5.41, 5.74) is 3.90. The first kappa shape index (κ1) is 13.8. The van der Waals surface area contributed by atoms with Gasteiger partial charge in [0, 0.05) is 22.3 Å². The molecule has 1 heterocycles. The lowest BCUT2D eigenvalue weighted by Gasteiger charge is -2.06. The Morgan fingerprint density at radius 1 is 1.42 bits per heavy atom. The molecule has 0 radical (unpaired) electrons. The van der Waals surface area contributed by atoms with E-state index in [1.807, 2.05) is 32.0 Å². The van der Waals surface area contributed by atoms with E-state index < -0.39 is 0 Å². The summed E-state index contributed by atoms with van der Waals surface area (Å²) in [7, 11) is 0. The zero-order valence-corrected chi connectivity index (χ0v) is 12.5. The number of aryl methyl sites for hydroxylation is 2. The molecule has 19 heavy (non-hydrogen) atoms. The molecule has 4 nitrogen and oxygen atoms in total. The van der Waals surface area contributed by atoms with E-state index in [0.717, 1.165) is 22.3 Å². The van der Waals surface area contributed by atoms with Gasteiger partial charge in [-0.3, -0.25) is 9.89 Å². The van der Waals surface area contributed by atoms with Crippen LogP contribution in [0.3, 0.4) is 0 Å². The van der Waals surface area contributed by atoms with E-state index >= 15 is 0 Å². The molecule has 0 bridgehead atoms. The second-order valence-corrected chi connectivity index (χ2v) is 5.34. The highest BCUT2D eigenvalue weighted by Crippen LogP contribution is 2.12. The molecule has 5 heteroatoms. The molecule has 2 N–H and O–H groups in total. The molecule has 100 valence electrons. The molecule has 0 aliphatic rings. The van der Waals surface area contributed by atoms with Crippen LogP contribution in [0.4, 0.5) is 0 Å². The van der Waals surface area contributed by atoms with Crippen LogP contribution in [0.2, 0.25) is 0 Å². The second-order valence-electron chi connectivity index (χ2n) is 4.43. The normalized spacial score (nSPS) is 10.5. The number of carbonyl (C=O) groups excluding carboxylic acids is 1. The minimum Gasteiger partial charge on any atom is -0.352 e. The molecule has 1 aromatic carbocycles. The zero-order chi connectivity index (χ0) is 13.8. The summed E-state index contributed by atoms with van der Waals surface area (Å²) in [6.07, 6.45) is 0.786. The number of benzene rings is 1. The molecule has 1 amide bonds. The highest BCUT2D eigenvalue weighted by atomic mass is 79.9. The predicted octanol–water partition coefficient (Wildman–Crippen LogP) is 2.76. The van der Waals surface area contributed by atoms with Gasteiger partial charge in [0.15, 0.2) is 0 Å². The van der Waals surface area contributed by atoms with Crippen LogP contribution in [0, 0.1) is 13.8 Å². The van der Waals surface area contributed by atoms with Gasteiger partial charge in [-0.2, -0.15) is 5.10 Å². The zero-order valence-electron chi connectivity index (χ0n) is 11.0. The number of H-pyrrole nitrogens is 1. The van der Waals surface area contributed by atoms with Crippen molar-refractivity contribution in [2.24, 2.45) is 0 Å². The number of nitrogens with zero attached hydrogens (tertiary/aromatic N) is 1. The van der Waals surface area contributed by atoms with E-state index in [1.165, 1.54) is 5.56 Å². The Bertz CT molecular complexity index is 573. The summed E-state index contributed by atoms with van der Waals surface area (Å²) in [5, 5.41) is 10.0. The van der Waals surface area contributed by atoms with Crippen molar-refractivity contribution in [1.82, 2.24) is 15.5 Å². The van der Waals surface area contributed by atoms with Gasteiger partial charge in [-0.05, 0) is 44.0 Å². The van der Waals surface area contributed by atoms with Gasteiger partial charge in [0.05, 0.1) is 5.69 Å².